The second kappa shape index (κ2) is 5.11. The molecule has 0 atom stereocenters. The molecule has 1 aromatic heterocycles. The van der Waals surface area contributed by atoms with Gasteiger partial charge < -0.3 is 11.1 Å². The molecule has 0 aliphatic heterocycles. The first-order valence-electron chi connectivity index (χ1n) is 4.94. The monoisotopic (exact) mass is 226 g/mol. The Bertz CT molecular complexity index is 311. The molecule has 84 valence electrons. The van der Waals surface area contributed by atoms with Gasteiger partial charge in [0.25, 0.3) is 0 Å². The molecule has 1 heterocycles. The predicted molar refractivity (Wildman–Crippen MR) is 65.2 cm³/mol. The van der Waals surface area contributed by atoms with Crippen molar-refractivity contribution < 1.29 is 0 Å². The Hall–Kier alpha value is -1.10. The minimum atomic E-state index is -0.0330. The molecule has 1 rings (SSSR count). The number of hydrogen-bond acceptors (Lipinski definition) is 3. The zero-order valence-electron chi connectivity index (χ0n) is 9.45. The fourth-order valence-corrected chi connectivity index (χ4v) is 1.68. The molecule has 0 saturated carbocycles. The Kier molecular flexibility index (Phi) is 4.08. The Morgan fingerprint density at radius 1 is 1.60 bits per heavy atom. The molecular formula is C10H18N4S. The maximum atomic E-state index is 5.72. The molecule has 0 saturated heterocycles. The van der Waals surface area contributed by atoms with E-state index in [4.69, 9.17) is 5.73 Å². The molecule has 0 bridgehead atoms. The summed E-state index contributed by atoms with van der Waals surface area (Å²) in [5.41, 5.74) is 5.69. The molecule has 5 heteroatoms. The molecule has 0 unspecified atom stereocenters. The highest BCUT2D eigenvalue weighted by molar-refractivity contribution is 7.09. The second-order valence-electron chi connectivity index (χ2n) is 4.32. The number of aliphatic imine (C=N–C) groups is 1. The minimum Gasteiger partial charge on any atom is -0.370 e. The van der Waals surface area contributed by atoms with E-state index in [1.165, 1.54) is 0 Å². The van der Waals surface area contributed by atoms with Crippen LogP contribution in [0, 0.1) is 0 Å². The summed E-state index contributed by atoms with van der Waals surface area (Å²) in [5, 5.41) is 6.18. The molecule has 1 aromatic rings. The number of hydrogen-bond donors (Lipinski definition) is 2. The first kappa shape index (κ1) is 12.0. The predicted octanol–water partition coefficient (Wildman–Crippen LogP) is 1.39. The van der Waals surface area contributed by atoms with Crippen molar-refractivity contribution in [2.24, 2.45) is 10.7 Å². The molecule has 0 radical (unpaired) electrons. The molecule has 15 heavy (non-hydrogen) atoms. The van der Waals surface area contributed by atoms with Crippen LogP contribution in [-0.2, 0) is 6.42 Å². The number of nitrogens with one attached hydrogen (secondary N) is 1. The Balaban J connectivity index is 2.32. The fraction of sp³-hybridized carbons (Fsp3) is 0.600. The average molecular weight is 226 g/mol. The SMILES string of the molecule is CC(C)(C)NC(N)=NCCc1nccs1. The van der Waals surface area contributed by atoms with Crippen LogP contribution in [0.3, 0.4) is 0 Å². The Morgan fingerprint density at radius 3 is 2.87 bits per heavy atom. The smallest absolute Gasteiger partial charge is 0.188 e. The summed E-state index contributed by atoms with van der Waals surface area (Å²) in [7, 11) is 0. The number of aromatic nitrogens is 1. The van der Waals surface area contributed by atoms with Gasteiger partial charge in [-0.15, -0.1) is 11.3 Å². The zero-order chi connectivity index (χ0) is 11.3. The summed E-state index contributed by atoms with van der Waals surface area (Å²) in [6, 6.07) is 0. The summed E-state index contributed by atoms with van der Waals surface area (Å²) in [5.74, 6) is 0.499. The van der Waals surface area contributed by atoms with E-state index in [2.05, 4.69) is 36.1 Å². The van der Waals surface area contributed by atoms with Crippen LogP contribution in [0.25, 0.3) is 0 Å². The Morgan fingerprint density at radius 2 is 2.33 bits per heavy atom. The van der Waals surface area contributed by atoms with Gasteiger partial charge in [0.1, 0.15) is 0 Å². The van der Waals surface area contributed by atoms with Crippen molar-refractivity contribution in [3.63, 3.8) is 0 Å². The standard InChI is InChI=1S/C10H18N4S/c1-10(2,3)14-9(11)13-5-4-8-12-6-7-15-8/h6-7H,4-5H2,1-3H3,(H3,11,13,14). The highest BCUT2D eigenvalue weighted by atomic mass is 32.1. The highest BCUT2D eigenvalue weighted by Gasteiger charge is 2.09. The van der Waals surface area contributed by atoms with Crippen LogP contribution in [0.2, 0.25) is 0 Å². The van der Waals surface area contributed by atoms with Crippen LogP contribution in [-0.4, -0.2) is 23.0 Å². The molecule has 0 aromatic carbocycles. The van der Waals surface area contributed by atoms with Crippen molar-refractivity contribution in [2.45, 2.75) is 32.7 Å². The van der Waals surface area contributed by atoms with Crippen LogP contribution in [0.15, 0.2) is 16.6 Å². The molecule has 0 aliphatic carbocycles. The number of thiazole rings is 1. The fourth-order valence-electron chi connectivity index (χ4n) is 1.07. The van der Waals surface area contributed by atoms with Gasteiger partial charge in [-0.3, -0.25) is 4.99 Å². The van der Waals surface area contributed by atoms with Crippen molar-refractivity contribution >= 4 is 17.3 Å². The van der Waals surface area contributed by atoms with E-state index >= 15 is 0 Å². The number of rotatable bonds is 3. The van der Waals surface area contributed by atoms with Crippen molar-refractivity contribution in [3.8, 4) is 0 Å². The summed E-state index contributed by atoms with van der Waals surface area (Å²) in [6.07, 6.45) is 2.66. The van der Waals surface area contributed by atoms with Gasteiger partial charge in [0, 0.05) is 30.1 Å². The molecule has 0 aliphatic rings. The van der Waals surface area contributed by atoms with E-state index in [1.54, 1.807) is 17.5 Å². The molecule has 3 N–H and O–H groups in total. The lowest BCUT2D eigenvalue weighted by Gasteiger charge is -2.20. The lowest BCUT2D eigenvalue weighted by Crippen LogP contribution is -2.45. The number of nitrogens with two attached hydrogens (primary N) is 1. The lowest BCUT2D eigenvalue weighted by molar-refractivity contribution is 0.508. The lowest BCUT2D eigenvalue weighted by atomic mass is 10.1. The van der Waals surface area contributed by atoms with Crippen LogP contribution in [0.1, 0.15) is 25.8 Å². The zero-order valence-corrected chi connectivity index (χ0v) is 10.3. The van der Waals surface area contributed by atoms with E-state index in [0.717, 1.165) is 11.4 Å². The van der Waals surface area contributed by atoms with E-state index in [9.17, 15) is 0 Å². The van der Waals surface area contributed by atoms with Gasteiger partial charge >= 0.3 is 0 Å². The highest BCUT2D eigenvalue weighted by Crippen LogP contribution is 2.04. The molecule has 0 amide bonds. The number of guanidine groups is 1. The van der Waals surface area contributed by atoms with Crippen molar-refractivity contribution in [1.82, 2.24) is 10.3 Å². The topological polar surface area (TPSA) is 63.3 Å². The third-order valence-corrected chi connectivity index (χ3v) is 2.43. The minimum absolute atomic E-state index is 0.0330. The van der Waals surface area contributed by atoms with Gasteiger partial charge in [0.2, 0.25) is 0 Å². The van der Waals surface area contributed by atoms with Crippen molar-refractivity contribution in [2.75, 3.05) is 6.54 Å². The molecule has 4 nitrogen and oxygen atoms in total. The van der Waals surface area contributed by atoms with E-state index in [1.807, 2.05) is 5.38 Å². The van der Waals surface area contributed by atoms with Crippen LogP contribution < -0.4 is 11.1 Å². The molecule has 0 fully saturated rings. The van der Waals surface area contributed by atoms with E-state index in [0.29, 0.717) is 12.5 Å². The summed E-state index contributed by atoms with van der Waals surface area (Å²) < 4.78 is 0. The normalized spacial score (nSPS) is 12.9. The third-order valence-electron chi connectivity index (χ3n) is 1.59. The molecule has 0 spiro atoms. The quantitative estimate of drug-likeness (QED) is 0.604. The van der Waals surface area contributed by atoms with Crippen LogP contribution >= 0.6 is 11.3 Å². The largest absolute Gasteiger partial charge is 0.370 e. The Labute approximate surface area is 94.6 Å². The average Bonchev–Trinajstić information content (AvgIpc) is 2.53. The van der Waals surface area contributed by atoms with E-state index < -0.39 is 0 Å². The second-order valence-corrected chi connectivity index (χ2v) is 5.30. The first-order valence-corrected chi connectivity index (χ1v) is 5.82. The van der Waals surface area contributed by atoms with Gasteiger partial charge in [-0.2, -0.15) is 0 Å². The summed E-state index contributed by atoms with van der Waals surface area (Å²) >= 11 is 1.65. The van der Waals surface area contributed by atoms with Crippen LogP contribution in [0.4, 0.5) is 0 Å². The summed E-state index contributed by atoms with van der Waals surface area (Å²) in [4.78, 5) is 8.41. The van der Waals surface area contributed by atoms with E-state index in [-0.39, 0.29) is 5.54 Å². The maximum Gasteiger partial charge on any atom is 0.188 e. The molecular weight excluding hydrogens is 208 g/mol. The van der Waals surface area contributed by atoms with Gasteiger partial charge in [0.05, 0.1) is 5.01 Å². The third kappa shape index (κ3) is 5.37. The van der Waals surface area contributed by atoms with Gasteiger partial charge in [0.15, 0.2) is 5.96 Å². The van der Waals surface area contributed by atoms with Gasteiger partial charge in [-0.1, -0.05) is 0 Å². The van der Waals surface area contributed by atoms with Crippen molar-refractivity contribution in [3.05, 3.63) is 16.6 Å². The summed E-state index contributed by atoms with van der Waals surface area (Å²) in [6.45, 7) is 6.84. The van der Waals surface area contributed by atoms with Crippen LogP contribution in [0.5, 0.6) is 0 Å². The van der Waals surface area contributed by atoms with Crippen molar-refractivity contribution in [1.29, 1.82) is 0 Å². The maximum absolute atomic E-state index is 5.72. The van der Waals surface area contributed by atoms with Gasteiger partial charge in [-0.25, -0.2) is 4.98 Å². The number of nitrogens with zero attached hydrogens (tertiary/aromatic N) is 2. The first-order chi connectivity index (χ1) is 6.97. The van der Waals surface area contributed by atoms with Gasteiger partial charge in [-0.05, 0) is 20.8 Å².